The fourth-order valence-corrected chi connectivity index (χ4v) is 6.39. The quantitative estimate of drug-likeness (QED) is 0.0634. The Bertz CT molecular complexity index is 2070. The minimum atomic E-state index is -1.33. The van der Waals surface area contributed by atoms with E-state index in [1.54, 1.807) is 31.5 Å². The number of hydrogen-bond donors (Lipinski definition) is 2. The van der Waals surface area contributed by atoms with Crippen molar-refractivity contribution >= 4 is 28.1 Å². The zero-order valence-corrected chi connectivity index (χ0v) is 29.3. The van der Waals surface area contributed by atoms with E-state index in [2.05, 4.69) is 15.5 Å². The molecule has 0 bridgehead atoms. The topological polar surface area (TPSA) is 134 Å². The van der Waals surface area contributed by atoms with E-state index in [0.717, 1.165) is 22.3 Å². The van der Waals surface area contributed by atoms with Crippen molar-refractivity contribution in [2.24, 2.45) is 5.16 Å². The van der Waals surface area contributed by atoms with E-state index in [0.29, 0.717) is 16.6 Å². The van der Waals surface area contributed by atoms with Gasteiger partial charge in [0.2, 0.25) is 11.1 Å². The molecule has 0 aliphatic rings. The van der Waals surface area contributed by atoms with E-state index in [9.17, 15) is 14.7 Å². The maximum Gasteiger partial charge on any atom is 0.360 e. The molecule has 11 nitrogen and oxygen atoms in total. The number of carboxylic acid groups (broad SMARTS) is 1. The van der Waals surface area contributed by atoms with Crippen LogP contribution in [-0.2, 0) is 28.4 Å². The van der Waals surface area contributed by atoms with Crippen molar-refractivity contribution in [3.8, 4) is 11.5 Å². The molecule has 2 N–H and O–H groups in total. The van der Waals surface area contributed by atoms with E-state index >= 15 is 0 Å². The molecule has 6 aromatic rings. The molecule has 0 saturated heterocycles. The van der Waals surface area contributed by atoms with Crippen molar-refractivity contribution in [1.82, 2.24) is 9.71 Å². The second-order valence-corrected chi connectivity index (χ2v) is 12.3. The van der Waals surface area contributed by atoms with Crippen LogP contribution in [0.2, 0.25) is 0 Å². The Kier molecular flexibility index (Phi) is 11.3. The molecule has 0 aliphatic carbocycles. The molecule has 0 fully saturated rings. The third-order valence-corrected chi connectivity index (χ3v) is 8.87. The number of rotatable bonds is 16. The number of carbonyl (C=O) groups is 1. The monoisotopic (exact) mass is 716 g/mol. The van der Waals surface area contributed by atoms with Crippen LogP contribution in [0.3, 0.4) is 0 Å². The Balaban J connectivity index is 1.24. The minimum Gasteiger partial charge on any atom is -0.497 e. The second kappa shape index (κ2) is 16.5. The van der Waals surface area contributed by atoms with Crippen molar-refractivity contribution in [2.75, 3.05) is 19.0 Å². The number of anilines is 1. The van der Waals surface area contributed by atoms with Crippen molar-refractivity contribution in [1.29, 1.82) is 0 Å². The first-order valence-electron chi connectivity index (χ1n) is 16.4. The Hall–Kier alpha value is -6.40. The van der Waals surface area contributed by atoms with Crippen LogP contribution in [0.5, 0.6) is 11.5 Å². The van der Waals surface area contributed by atoms with Crippen molar-refractivity contribution in [3.63, 3.8) is 0 Å². The van der Waals surface area contributed by atoms with Crippen LogP contribution in [0.25, 0.3) is 0 Å². The summed E-state index contributed by atoms with van der Waals surface area (Å²) < 4.78 is 12.3. The molecule has 6 rings (SSSR count). The molecular formula is C40H36N4O7S. The minimum absolute atomic E-state index is 0.0721. The van der Waals surface area contributed by atoms with E-state index < -0.39 is 22.6 Å². The maximum atomic E-state index is 13.0. The van der Waals surface area contributed by atoms with Gasteiger partial charge in [0.1, 0.15) is 35.9 Å². The fraction of sp³-hybridized carbons (Fsp3) is 0.150. The van der Waals surface area contributed by atoms with Crippen LogP contribution in [0.15, 0.2) is 143 Å². The number of pyridine rings is 1. The molecule has 4 aromatic carbocycles. The van der Waals surface area contributed by atoms with Gasteiger partial charge in [-0.05, 0) is 41.3 Å². The lowest BCUT2D eigenvalue weighted by atomic mass is 9.77. The lowest BCUT2D eigenvalue weighted by molar-refractivity contribution is -0.129. The summed E-state index contributed by atoms with van der Waals surface area (Å²) >= 11 is 1.25. The highest BCUT2D eigenvalue weighted by atomic mass is 32.1. The van der Waals surface area contributed by atoms with Crippen LogP contribution < -0.4 is 25.1 Å². The Morgan fingerprint density at radius 2 is 1.48 bits per heavy atom. The number of ether oxygens (including phenoxy) is 2. The van der Waals surface area contributed by atoms with Gasteiger partial charge in [-0.1, -0.05) is 108 Å². The zero-order chi connectivity index (χ0) is 36.3. The van der Waals surface area contributed by atoms with Crippen molar-refractivity contribution in [2.45, 2.75) is 25.7 Å². The van der Waals surface area contributed by atoms with Crippen LogP contribution in [-0.4, -0.2) is 40.2 Å². The summed E-state index contributed by atoms with van der Waals surface area (Å²) in [5.41, 5.74) is 2.49. The van der Waals surface area contributed by atoms with Gasteiger partial charge in [0, 0.05) is 11.4 Å². The molecule has 2 aromatic heterocycles. The number of aromatic nitrogens is 2. The van der Waals surface area contributed by atoms with Gasteiger partial charge in [-0.15, -0.1) is 11.3 Å². The van der Waals surface area contributed by atoms with Gasteiger partial charge < -0.3 is 29.6 Å². The molecule has 0 radical (unpaired) electrons. The number of hydrogen-bond acceptors (Lipinski definition) is 10. The summed E-state index contributed by atoms with van der Waals surface area (Å²) in [5.74, 6) is -0.548. The second-order valence-electron chi connectivity index (χ2n) is 11.4. The highest BCUT2D eigenvalue weighted by molar-refractivity contribution is 7.14. The SMILES string of the molecule is CCOn1cc(OCc2ccc(OC)cc2)c(=O)cc1CO/N=C(\C(=O)O)c1csc(NC(c2ccccc2)(c2ccccc2)c2ccccc2)n1. The number of carboxylic acids is 1. The number of thiazole rings is 1. The van der Waals surface area contributed by atoms with Gasteiger partial charge in [-0.2, -0.15) is 4.73 Å². The van der Waals surface area contributed by atoms with Crippen LogP contribution >= 0.6 is 11.3 Å². The Labute approximate surface area is 304 Å². The predicted octanol–water partition coefficient (Wildman–Crippen LogP) is 6.75. The highest BCUT2D eigenvalue weighted by Crippen LogP contribution is 2.40. The number of nitrogens with one attached hydrogen (secondary N) is 1. The van der Waals surface area contributed by atoms with E-state index in [1.807, 2.05) is 103 Å². The summed E-state index contributed by atoms with van der Waals surface area (Å²) in [6.45, 7) is 1.96. The zero-order valence-electron chi connectivity index (χ0n) is 28.5. The van der Waals surface area contributed by atoms with Gasteiger partial charge in [0.05, 0.1) is 13.3 Å². The Morgan fingerprint density at radius 3 is 2.02 bits per heavy atom. The third kappa shape index (κ3) is 7.98. The molecule has 0 aliphatic heterocycles. The number of oxime groups is 1. The molecule has 0 saturated carbocycles. The third-order valence-electron chi connectivity index (χ3n) is 8.11. The van der Waals surface area contributed by atoms with Gasteiger partial charge in [0.15, 0.2) is 17.5 Å². The molecular weight excluding hydrogens is 681 g/mol. The predicted molar refractivity (Wildman–Crippen MR) is 199 cm³/mol. The first kappa shape index (κ1) is 35.4. The van der Waals surface area contributed by atoms with Gasteiger partial charge in [-0.25, -0.2) is 9.78 Å². The number of aliphatic carboxylic acids is 1. The fourth-order valence-electron chi connectivity index (χ4n) is 5.63. The molecule has 0 amide bonds. The maximum absolute atomic E-state index is 13.0. The Morgan fingerprint density at radius 1 is 0.885 bits per heavy atom. The lowest BCUT2D eigenvalue weighted by Gasteiger charge is -2.36. The summed E-state index contributed by atoms with van der Waals surface area (Å²) in [6, 6.07) is 38.6. The van der Waals surface area contributed by atoms with Crippen molar-refractivity contribution in [3.05, 3.63) is 177 Å². The van der Waals surface area contributed by atoms with E-state index in [-0.39, 0.29) is 31.3 Å². The van der Waals surface area contributed by atoms with Gasteiger partial charge in [-0.3, -0.25) is 4.79 Å². The van der Waals surface area contributed by atoms with E-state index in [4.69, 9.17) is 19.1 Å². The number of methoxy groups -OCH3 is 1. The molecule has 0 atom stereocenters. The summed E-state index contributed by atoms with van der Waals surface area (Å²) in [5, 5.41) is 19.8. The van der Waals surface area contributed by atoms with Crippen LogP contribution in [0.1, 0.15) is 40.6 Å². The van der Waals surface area contributed by atoms with Gasteiger partial charge >= 0.3 is 5.97 Å². The largest absolute Gasteiger partial charge is 0.497 e. The van der Waals surface area contributed by atoms with Crippen LogP contribution in [0, 0.1) is 0 Å². The average molecular weight is 717 g/mol. The van der Waals surface area contributed by atoms with Gasteiger partial charge in [0.25, 0.3) is 0 Å². The van der Waals surface area contributed by atoms with Crippen molar-refractivity contribution < 1.29 is 29.0 Å². The summed E-state index contributed by atoms with van der Waals surface area (Å²) in [7, 11) is 1.59. The molecule has 12 heteroatoms. The lowest BCUT2D eigenvalue weighted by Crippen LogP contribution is -2.38. The standard InChI is InChI=1S/C40H36N4O7S/c1-3-51-44-24-36(49-25-28-19-21-33(48-2)22-20-28)35(45)23-32(44)26-50-43-37(38(46)47)34-27-52-39(41-34)42-40(29-13-7-4-8-14-29,30-15-9-5-10-16-30)31-17-11-6-12-18-31/h4-24,27H,3,25-26H2,1-2H3,(H,41,42)(H,46,47)/b43-37-. The average Bonchev–Trinajstić information content (AvgIpc) is 3.64. The van der Waals surface area contributed by atoms with E-state index in [1.165, 1.54) is 28.3 Å². The molecule has 52 heavy (non-hydrogen) atoms. The number of nitrogens with zero attached hydrogens (tertiary/aromatic N) is 3. The molecule has 264 valence electrons. The molecule has 2 heterocycles. The molecule has 0 spiro atoms. The molecule has 0 unspecified atom stereocenters. The first-order valence-corrected chi connectivity index (χ1v) is 17.3. The highest BCUT2D eigenvalue weighted by Gasteiger charge is 2.37. The summed E-state index contributed by atoms with van der Waals surface area (Å²) in [6.07, 6.45) is 1.42. The normalized spacial score (nSPS) is 11.5. The number of benzene rings is 4. The van der Waals surface area contributed by atoms with Crippen LogP contribution in [0.4, 0.5) is 5.13 Å². The first-order chi connectivity index (χ1) is 25.4. The smallest absolute Gasteiger partial charge is 0.360 e. The summed E-state index contributed by atoms with van der Waals surface area (Å²) in [4.78, 5) is 41.2.